The van der Waals surface area contributed by atoms with Crippen molar-refractivity contribution in [3.63, 3.8) is 0 Å². The monoisotopic (exact) mass is 265 g/mol. The highest BCUT2D eigenvalue weighted by atomic mass is 16.6. The summed E-state index contributed by atoms with van der Waals surface area (Å²) in [7, 11) is 0. The molecule has 0 radical (unpaired) electrons. The molecule has 1 unspecified atom stereocenters. The third-order valence-electron chi connectivity index (χ3n) is 2.86. The third-order valence-corrected chi connectivity index (χ3v) is 2.86. The number of nitrogens with zero attached hydrogens (tertiary/aromatic N) is 1. The summed E-state index contributed by atoms with van der Waals surface area (Å²) in [5, 5.41) is 13.5. The Kier molecular flexibility index (Phi) is 4.61. The number of hydrogen-bond acceptors (Lipinski definition) is 4. The van der Waals surface area contributed by atoms with Crippen LogP contribution in [0.2, 0.25) is 0 Å². The molecule has 0 saturated heterocycles. The fourth-order valence-corrected chi connectivity index (χ4v) is 1.52. The fourth-order valence-electron chi connectivity index (χ4n) is 1.52. The van der Waals surface area contributed by atoms with Crippen molar-refractivity contribution < 1.29 is 9.72 Å². The van der Waals surface area contributed by atoms with Gasteiger partial charge in [-0.3, -0.25) is 14.9 Å². The largest absolute Gasteiger partial charge is 0.350 e. The van der Waals surface area contributed by atoms with E-state index in [1.807, 2.05) is 20.8 Å². The molecule has 0 aliphatic rings. The average Bonchev–Trinajstić information content (AvgIpc) is 2.34. The van der Waals surface area contributed by atoms with E-state index >= 15 is 0 Å². The number of hydrogen-bond donors (Lipinski definition) is 2. The van der Waals surface area contributed by atoms with Crippen molar-refractivity contribution in [3.8, 4) is 0 Å². The van der Waals surface area contributed by atoms with Gasteiger partial charge in [-0.15, -0.1) is 0 Å². The maximum atomic E-state index is 11.8. The minimum absolute atomic E-state index is 0.00729. The summed E-state index contributed by atoms with van der Waals surface area (Å²) in [4.78, 5) is 22.2. The summed E-state index contributed by atoms with van der Waals surface area (Å²) in [6.07, 6.45) is 0. The van der Waals surface area contributed by atoms with Crippen LogP contribution in [-0.2, 0) is 11.3 Å². The quantitative estimate of drug-likeness (QED) is 0.638. The zero-order valence-corrected chi connectivity index (χ0v) is 11.3. The predicted molar refractivity (Wildman–Crippen MR) is 72.4 cm³/mol. The van der Waals surface area contributed by atoms with Crippen molar-refractivity contribution in [2.45, 2.75) is 33.4 Å². The van der Waals surface area contributed by atoms with Crippen molar-refractivity contribution >= 4 is 11.6 Å². The zero-order chi connectivity index (χ0) is 14.6. The molecule has 0 spiro atoms. The molecular weight excluding hydrogens is 246 g/mol. The van der Waals surface area contributed by atoms with Crippen LogP contribution in [-0.4, -0.2) is 16.9 Å². The van der Waals surface area contributed by atoms with E-state index in [2.05, 4.69) is 5.32 Å². The highest BCUT2D eigenvalue weighted by Crippen LogP contribution is 2.19. The Balaban J connectivity index is 2.73. The molecule has 6 heteroatoms. The highest BCUT2D eigenvalue weighted by Gasteiger charge is 2.27. The van der Waals surface area contributed by atoms with Crippen molar-refractivity contribution in [2.75, 3.05) is 0 Å². The Morgan fingerprint density at radius 2 is 2.00 bits per heavy atom. The predicted octanol–water partition coefficient (Wildman–Crippen LogP) is 1.58. The molecule has 0 fully saturated rings. The lowest BCUT2D eigenvalue weighted by molar-refractivity contribution is -0.385. The summed E-state index contributed by atoms with van der Waals surface area (Å²) in [6.45, 7) is 5.69. The molecule has 19 heavy (non-hydrogen) atoms. The first kappa shape index (κ1) is 15.1. The van der Waals surface area contributed by atoms with Gasteiger partial charge in [-0.25, -0.2) is 0 Å². The number of carbonyl (C=O) groups excluding carboxylic acids is 1. The number of nitrogens with two attached hydrogens (primary N) is 1. The minimum Gasteiger partial charge on any atom is -0.350 e. The molecule has 0 saturated carbocycles. The molecule has 104 valence electrons. The molecule has 0 aliphatic carbocycles. The Bertz CT molecular complexity index is 480. The Morgan fingerprint density at radius 1 is 1.42 bits per heavy atom. The second-order valence-corrected chi connectivity index (χ2v) is 5.45. The van der Waals surface area contributed by atoms with Crippen LogP contribution in [0.25, 0.3) is 0 Å². The Hall–Kier alpha value is -1.95. The number of carbonyl (C=O) groups is 1. The maximum Gasteiger partial charge on any atom is 0.274 e. The van der Waals surface area contributed by atoms with Crippen LogP contribution in [0.1, 0.15) is 26.3 Å². The molecular formula is C13H19N3O3. The van der Waals surface area contributed by atoms with Gasteiger partial charge in [0.1, 0.15) is 0 Å². The average molecular weight is 265 g/mol. The first-order valence-electron chi connectivity index (χ1n) is 5.99. The van der Waals surface area contributed by atoms with Crippen LogP contribution < -0.4 is 11.1 Å². The van der Waals surface area contributed by atoms with Gasteiger partial charge in [-0.05, 0) is 5.41 Å². The van der Waals surface area contributed by atoms with Crippen molar-refractivity contribution in [3.05, 3.63) is 39.9 Å². The van der Waals surface area contributed by atoms with Gasteiger partial charge in [0.2, 0.25) is 5.91 Å². The summed E-state index contributed by atoms with van der Waals surface area (Å²) < 4.78 is 0. The van der Waals surface area contributed by atoms with Gasteiger partial charge >= 0.3 is 0 Å². The van der Waals surface area contributed by atoms with Crippen LogP contribution in [0.5, 0.6) is 0 Å². The van der Waals surface area contributed by atoms with Gasteiger partial charge in [0.25, 0.3) is 5.69 Å². The third kappa shape index (κ3) is 4.03. The molecule has 1 aromatic rings. The first-order chi connectivity index (χ1) is 8.73. The molecule has 0 aliphatic heterocycles. The van der Waals surface area contributed by atoms with Crippen molar-refractivity contribution in [2.24, 2.45) is 11.1 Å². The van der Waals surface area contributed by atoms with E-state index in [1.54, 1.807) is 18.2 Å². The van der Waals surface area contributed by atoms with E-state index in [1.165, 1.54) is 6.07 Å². The summed E-state index contributed by atoms with van der Waals surface area (Å²) in [6, 6.07) is 5.64. The van der Waals surface area contributed by atoms with E-state index in [-0.39, 0.29) is 23.6 Å². The van der Waals surface area contributed by atoms with Gasteiger partial charge < -0.3 is 11.1 Å². The molecule has 0 aromatic heterocycles. The molecule has 1 atom stereocenters. The van der Waals surface area contributed by atoms with E-state index in [4.69, 9.17) is 5.73 Å². The van der Waals surface area contributed by atoms with E-state index in [0.717, 1.165) is 0 Å². The van der Waals surface area contributed by atoms with Gasteiger partial charge in [0.05, 0.1) is 11.0 Å². The lowest BCUT2D eigenvalue weighted by atomic mass is 9.87. The number of nitrogens with one attached hydrogen (secondary N) is 1. The van der Waals surface area contributed by atoms with Crippen molar-refractivity contribution in [1.29, 1.82) is 0 Å². The molecule has 0 bridgehead atoms. The molecule has 1 amide bonds. The summed E-state index contributed by atoms with van der Waals surface area (Å²) >= 11 is 0. The standard InChI is InChI=1S/C13H19N3O3/c1-13(2,3)11(14)12(17)15-8-9-6-4-5-7-10(9)16(18)19/h4-7,11H,8,14H2,1-3H3,(H,15,17). The second kappa shape index (κ2) is 5.79. The number of para-hydroxylation sites is 1. The highest BCUT2D eigenvalue weighted by molar-refractivity contribution is 5.82. The number of benzene rings is 1. The molecule has 3 N–H and O–H groups in total. The van der Waals surface area contributed by atoms with Gasteiger partial charge in [-0.1, -0.05) is 39.0 Å². The zero-order valence-electron chi connectivity index (χ0n) is 11.3. The van der Waals surface area contributed by atoms with Crippen LogP contribution in [0.3, 0.4) is 0 Å². The van der Waals surface area contributed by atoms with Crippen LogP contribution in [0, 0.1) is 15.5 Å². The second-order valence-electron chi connectivity index (χ2n) is 5.45. The number of amides is 1. The first-order valence-corrected chi connectivity index (χ1v) is 5.99. The molecule has 1 rings (SSSR count). The molecule has 6 nitrogen and oxygen atoms in total. The maximum absolute atomic E-state index is 11.8. The lowest BCUT2D eigenvalue weighted by Gasteiger charge is -2.25. The number of nitro benzene ring substituents is 1. The Labute approximate surface area is 112 Å². The van der Waals surface area contributed by atoms with E-state index < -0.39 is 11.0 Å². The smallest absolute Gasteiger partial charge is 0.274 e. The van der Waals surface area contributed by atoms with Crippen LogP contribution >= 0.6 is 0 Å². The molecule has 1 aromatic carbocycles. The van der Waals surface area contributed by atoms with Crippen LogP contribution in [0.4, 0.5) is 5.69 Å². The fraction of sp³-hybridized carbons (Fsp3) is 0.462. The summed E-state index contributed by atoms with van der Waals surface area (Å²) in [5.41, 5.74) is 5.91. The van der Waals surface area contributed by atoms with E-state index in [9.17, 15) is 14.9 Å². The minimum atomic E-state index is -0.657. The van der Waals surface area contributed by atoms with Gasteiger partial charge in [0, 0.05) is 18.2 Å². The van der Waals surface area contributed by atoms with Gasteiger partial charge in [0.15, 0.2) is 0 Å². The van der Waals surface area contributed by atoms with Crippen molar-refractivity contribution in [1.82, 2.24) is 5.32 Å². The normalized spacial score (nSPS) is 12.8. The van der Waals surface area contributed by atoms with E-state index in [0.29, 0.717) is 5.56 Å². The number of rotatable bonds is 4. The van der Waals surface area contributed by atoms with Crippen LogP contribution in [0.15, 0.2) is 24.3 Å². The topological polar surface area (TPSA) is 98.3 Å². The summed E-state index contributed by atoms with van der Waals surface area (Å²) in [5.74, 6) is -0.314. The number of nitro groups is 1. The lowest BCUT2D eigenvalue weighted by Crippen LogP contribution is -2.48. The molecule has 0 heterocycles. The van der Waals surface area contributed by atoms with Gasteiger partial charge in [-0.2, -0.15) is 0 Å². The Morgan fingerprint density at radius 3 is 2.53 bits per heavy atom. The SMILES string of the molecule is CC(C)(C)C(N)C(=O)NCc1ccccc1[N+](=O)[O-].